The van der Waals surface area contributed by atoms with Gasteiger partial charge in [0.25, 0.3) is 0 Å². The van der Waals surface area contributed by atoms with Crippen molar-refractivity contribution in [1.29, 1.82) is 0 Å². The van der Waals surface area contributed by atoms with Crippen LogP contribution >= 0.6 is 11.6 Å². The molecule has 3 aromatic rings. The number of aromatic nitrogens is 1. The van der Waals surface area contributed by atoms with Gasteiger partial charge in [-0.15, -0.1) is 0 Å². The summed E-state index contributed by atoms with van der Waals surface area (Å²) in [4.78, 5) is 4.10. The first-order chi connectivity index (χ1) is 10.2. The highest BCUT2D eigenvalue weighted by atomic mass is 35.5. The number of benzene rings is 2. The lowest BCUT2D eigenvalue weighted by Gasteiger charge is -2.20. The van der Waals surface area contributed by atoms with Crippen LogP contribution in [-0.4, -0.2) is 4.98 Å². The predicted octanol–water partition coefficient (Wildman–Crippen LogP) is 3.58. The number of nitrogens with one attached hydrogen (secondary N) is 1. The molecule has 106 valence electrons. The molecule has 0 radical (unpaired) electrons. The molecular weight excluding hydrogens is 289 g/mol. The van der Waals surface area contributed by atoms with E-state index in [1.54, 1.807) is 24.5 Å². The Morgan fingerprint density at radius 1 is 1.14 bits per heavy atom. The van der Waals surface area contributed by atoms with Gasteiger partial charge in [-0.3, -0.25) is 10.8 Å². The lowest BCUT2D eigenvalue weighted by Crippen LogP contribution is -2.30. The first-order valence-corrected chi connectivity index (χ1v) is 6.83. The summed E-state index contributed by atoms with van der Waals surface area (Å²) in [5, 5.41) is 2.25. The summed E-state index contributed by atoms with van der Waals surface area (Å²) in [6.07, 6.45) is 3.46. The highest BCUT2D eigenvalue weighted by Crippen LogP contribution is 2.33. The number of rotatable bonds is 3. The maximum absolute atomic E-state index is 14.2. The number of hydrogen-bond acceptors (Lipinski definition) is 3. The fraction of sp³-hybridized carbons (Fsp3) is 0.0625. The van der Waals surface area contributed by atoms with E-state index in [0.29, 0.717) is 10.6 Å². The van der Waals surface area contributed by atoms with Gasteiger partial charge in [-0.1, -0.05) is 35.9 Å². The molecule has 0 aliphatic heterocycles. The monoisotopic (exact) mass is 301 g/mol. The summed E-state index contributed by atoms with van der Waals surface area (Å²) in [6, 6.07) is 11.7. The summed E-state index contributed by atoms with van der Waals surface area (Å²) < 4.78 is 14.2. The van der Waals surface area contributed by atoms with Crippen LogP contribution in [0.25, 0.3) is 10.8 Å². The summed E-state index contributed by atoms with van der Waals surface area (Å²) in [5.74, 6) is 5.28. The highest BCUT2D eigenvalue weighted by Gasteiger charge is 2.21. The zero-order valence-electron chi connectivity index (χ0n) is 11.1. The normalized spacial score (nSPS) is 12.5. The van der Waals surface area contributed by atoms with Crippen LogP contribution in [-0.2, 0) is 0 Å². The fourth-order valence-corrected chi connectivity index (χ4v) is 2.79. The minimum absolute atomic E-state index is 0.337. The topological polar surface area (TPSA) is 50.9 Å². The maximum atomic E-state index is 14.2. The number of nitrogens with two attached hydrogens (primary N) is 1. The van der Waals surface area contributed by atoms with Crippen molar-refractivity contribution in [3.8, 4) is 0 Å². The molecule has 0 spiro atoms. The van der Waals surface area contributed by atoms with E-state index in [0.717, 1.165) is 16.3 Å². The van der Waals surface area contributed by atoms with Gasteiger partial charge in [0.05, 0.1) is 6.04 Å². The summed E-state index contributed by atoms with van der Waals surface area (Å²) in [7, 11) is 0. The molecule has 21 heavy (non-hydrogen) atoms. The first-order valence-electron chi connectivity index (χ1n) is 6.45. The van der Waals surface area contributed by atoms with Gasteiger partial charge in [-0.25, -0.2) is 9.82 Å². The zero-order chi connectivity index (χ0) is 14.8. The van der Waals surface area contributed by atoms with Gasteiger partial charge in [-0.2, -0.15) is 0 Å². The van der Waals surface area contributed by atoms with Gasteiger partial charge in [0.2, 0.25) is 0 Å². The molecule has 5 heteroatoms. The van der Waals surface area contributed by atoms with Crippen LogP contribution in [0.2, 0.25) is 5.02 Å². The molecule has 1 heterocycles. The van der Waals surface area contributed by atoms with Crippen LogP contribution in [0.4, 0.5) is 4.39 Å². The van der Waals surface area contributed by atoms with E-state index in [1.165, 1.54) is 6.07 Å². The van der Waals surface area contributed by atoms with Crippen LogP contribution < -0.4 is 11.3 Å². The standard InChI is InChI=1S/C16H13ClFN3/c17-13-5-2-6-14(18)15(13)16(21-19)12-4-1-3-10-9-20-8-7-11(10)12/h1-9,16,21H,19H2. The van der Waals surface area contributed by atoms with E-state index in [-0.39, 0.29) is 0 Å². The van der Waals surface area contributed by atoms with E-state index in [2.05, 4.69) is 10.4 Å². The molecule has 0 aliphatic rings. The van der Waals surface area contributed by atoms with Gasteiger partial charge in [0, 0.05) is 28.4 Å². The van der Waals surface area contributed by atoms with E-state index in [1.807, 2.05) is 24.3 Å². The molecule has 0 saturated carbocycles. The Morgan fingerprint density at radius 2 is 1.95 bits per heavy atom. The van der Waals surface area contributed by atoms with Crippen LogP contribution in [0, 0.1) is 5.82 Å². The zero-order valence-corrected chi connectivity index (χ0v) is 11.8. The van der Waals surface area contributed by atoms with E-state index in [4.69, 9.17) is 17.4 Å². The second-order valence-electron chi connectivity index (χ2n) is 4.68. The van der Waals surface area contributed by atoms with Gasteiger partial charge in [0.15, 0.2) is 0 Å². The molecule has 3 nitrogen and oxygen atoms in total. The van der Waals surface area contributed by atoms with Gasteiger partial charge in [0.1, 0.15) is 5.82 Å². The lowest BCUT2D eigenvalue weighted by atomic mass is 9.94. The highest BCUT2D eigenvalue weighted by molar-refractivity contribution is 6.31. The van der Waals surface area contributed by atoms with Gasteiger partial charge < -0.3 is 0 Å². The van der Waals surface area contributed by atoms with Crippen molar-refractivity contribution in [2.45, 2.75) is 6.04 Å². The van der Waals surface area contributed by atoms with Crippen molar-refractivity contribution >= 4 is 22.4 Å². The fourth-order valence-electron chi connectivity index (χ4n) is 2.51. The maximum Gasteiger partial charge on any atom is 0.129 e. The minimum atomic E-state index is -0.537. The van der Waals surface area contributed by atoms with Crippen molar-refractivity contribution < 1.29 is 4.39 Å². The quantitative estimate of drug-likeness (QED) is 0.574. The Labute approximate surface area is 126 Å². The Balaban J connectivity index is 2.24. The molecular formula is C16H13ClFN3. The minimum Gasteiger partial charge on any atom is -0.271 e. The molecule has 0 bridgehead atoms. The predicted molar refractivity (Wildman–Crippen MR) is 82.3 cm³/mol. The third-order valence-electron chi connectivity index (χ3n) is 3.48. The van der Waals surface area contributed by atoms with Crippen molar-refractivity contribution in [2.24, 2.45) is 5.84 Å². The Bertz CT molecular complexity index is 766. The van der Waals surface area contributed by atoms with Crippen molar-refractivity contribution in [2.75, 3.05) is 0 Å². The largest absolute Gasteiger partial charge is 0.271 e. The van der Waals surface area contributed by atoms with Crippen LogP contribution in [0.15, 0.2) is 54.9 Å². The number of nitrogens with zero attached hydrogens (tertiary/aromatic N) is 1. The molecule has 0 aliphatic carbocycles. The van der Waals surface area contributed by atoms with Crippen molar-refractivity contribution in [1.82, 2.24) is 10.4 Å². The smallest absolute Gasteiger partial charge is 0.129 e. The molecule has 3 N–H and O–H groups in total. The molecule has 2 aromatic carbocycles. The average Bonchev–Trinajstić information content (AvgIpc) is 2.51. The lowest BCUT2D eigenvalue weighted by molar-refractivity contribution is 0.562. The Kier molecular flexibility index (Phi) is 3.84. The molecule has 1 aromatic heterocycles. The Hall–Kier alpha value is -2.01. The average molecular weight is 302 g/mol. The number of hydrazine groups is 1. The van der Waals surface area contributed by atoms with Crippen molar-refractivity contribution in [3.63, 3.8) is 0 Å². The molecule has 1 atom stereocenters. The second kappa shape index (κ2) is 5.77. The number of fused-ring (bicyclic) bond motifs is 1. The van der Waals surface area contributed by atoms with Crippen molar-refractivity contribution in [3.05, 3.63) is 76.8 Å². The summed E-state index contributed by atoms with van der Waals surface area (Å²) in [5.41, 5.74) is 3.85. The SMILES string of the molecule is NNC(c1c(F)cccc1Cl)c1cccc2cnccc12. The van der Waals surface area contributed by atoms with Crippen LogP contribution in [0.1, 0.15) is 17.2 Å². The van der Waals surface area contributed by atoms with Crippen LogP contribution in [0.5, 0.6) is 0 Å². The number of hydrogen-bond donors (Lipinski definition) is 2. The first kappa shape index (κ1) is 13.9. The summed E-state index contributed by atoms with van der Waals surface area (Å²) in [6.45, 7) is 0. The van der Waals surface area contributed by atoms with Gasteiger partial charge >= 0.3 is 0 Å². The number of pyridine rings is 1. The third kappa shape index (κ3) is 2.49. The summed E-state index contributed by atoms with van der Waals surface area (Å²) >= 11 is 6.16. The van der Waals surface area contributed by atoms with E-state index in [9.17, 15) is 4.39 Å². The van der Waals surface area contributed by atoms with E-state index < -0.39 is 11.9 Å². The van der Waals surface area contributed by atoms with Crippen LogP contribution in [0.3, 0.4) is 0 Å². The number of halogens is 2. The molecule has 0 fully saturated rings. The molecule has 0 amide bonds. The van der Waals surface area contributed by atoms with E-state index >= 15 is 0 Å². The second-order valence-corrected chi connectivity index (χ2v) is 5.09. The third-order valence-corrected chi connectivity index (χ3v) is 3.81. The molecule has 0 saturated heterocycles. The molecule has 3 rings (SSSR count). The Morgan fingerprint density at radius 3 is 2.71 bits per heavy atom. The molecule has 1 unspecified atom stereocenters. The van der Waals surface area contributed by atoms with Gasteiger partial charge in [-0.05, 0) is 29.1 Å².